The molecule has 0 aliphatic rings. The van der Waals surface area contributed by atoms with Gasteiger partial charge in [0, 0.05) is 6.42 Å². The quantitative estimate of drug-likeness (QED) is 0.752. The van der Waals surface area contributed by atoms with E-state index in [9.17, 15) is 8.78 Å². The number of alkyl halides is 2. The molecule has 0 aromatic carbocycles. The fourth-order valence-electron chi connectivity index (χ4n) is 0.791. The van der Waals surface area contributed by atoms with Gasteiger partial charge in [-0.2, -0.15) is 0 Å². The van der Waals surface area contributed by atoms with Crippen LogP contribution in [0, 0.1) is 0 Å². The standard InChI is InChI=1S/C7H9F2NS/c8-7(9,3-4-10)6-2-1-5-11-6/h1-2,5H,3-4,10H2. The zero-order valence-electron chi connectivity index (χ0n) is 5.89. The van der Waals surface area contributed by atoms with Crippen LogP contribution in [0.3, 0.4) is 0 Å². The van der Waals surface area contributed by atoms with E-state index in [2.05, 4.69) is 0 Å². The van der Waals surface area contributed by atoms with Gasteiger partial charge < -0.3 is 5.73 Å². The molecule has 0 aliphatic heterocycles. The minimum Gasteiger partial charge on any atom is -0.330 e. The first-order valence-electron chi connectivity index (χ1n) is 3.28. The maximum absolute atomic E-state index is 12.9. The molecule has 0 fully saturated rings. The fraction of sp³-hybridized carbons (Fsp3) is 0.429. The third-order valence-corrected chi connectivity index (χ3v) is 2.32. The summed E-state index contributed by atoms with van der Waals surface area (Å²) in [5.41, 5.74) is 5.05. The molecule has 2 N–H and O–H groups in total. The second-order valence-corrected chi connectivity index (χ2v) is 3.17. The highest BCUT2D eigenvalue weighted by Gasteiger charge is 2.31. The van der Waals surface area contributed by atoms with Crippen LogP contribution in [0.25, 0.3) is 0 Å². The molecule has 0 amide bonds. The molecule has 0 unspecified atom stereocenters. The molecule has 11 heavy (non-hydrogen) atoms. The van der Waals surface area contributed by atoms with E-state index in [1.165, 1.54) is 6.07 Å². The van der Waals surface area contributed by atoms with Crippen LogP contribution in [0.4, 0.5) is 8.78 Å². The SMILES string of the molecule is NCCC(F)(F)c1cccs1. The predicted octanol–water partition coefficient (Wildman–Crippen LogP) is 2.19. The Morgan fingerprint density at radius 2 is 2.27 bits per heavy atom. The first-order valence-corrected chi connectivity index (χ1v) is 4.16. The molecular formula is C7H9F2NS. The molecule has 62 valence electrons. The topological polar surface area (TPSA) is 26.0 Å². The van der Waals surface area contributed by atoms with Crippen molar-refractivity contribution in [2.24, 2.45) is 5.73 Å². The Bertz CT molecular complexity index is 208. The molecule has 1 aromatic heterocycles. The van der Waals surface area contributed by atoms with Gasteiger partial charge in [0.2, 0.25) is 0 Å². The monoisotopic (exact) mass is 177 g/mol. The molecule has 0 bridgehead atoms. The summed E-state index contributed by atoms with van der Waals surface area (Å²) in [5, 5.41) is 1.64. The van der Waals surface area contributed by atoms with Crippen molar-refractivity contribution in [2.75, 3.05) is 6.54 Å². The van der Waals surface area contributed by atoms with Crippen molar-refractivity contribution in [2.45, 2.75) is 12.3 Å². The molecular weight excluding hydrogens is 168 g/mol. The minimum atomic E-state index is -2.73. The molecule has 1 aromatic rings. The summed E-state index contributed by atoms with van der Waals surface area (Å²) in [6, 6.07) is 3.05. The summed E-state index contributed by atoms with van der Waals surface area (Å²) in [5.74, 6) is -2.73. The van der Waals surface area contributed by atoms with Gasteiger partial charge in [-0.1, -0.05) is 6.07 Å². The number of hydrogen-bond donors (Lipinski definition) is 1. The zero-order valence-corrected chi connectivity index (χ0v) is 6.70. The van der Waals surface area contributed by atoms with Crippen LogP contribution in [0.15, 0.2) is 17.5 Å². The van der Waals surface area contributed by atoms with Gasteiger partial charge >= 0.3 is 0 Å². The van der Waals surface area contributed by atoms with Crippen molar-refractivity contribution in [3.05, 3.63) is 22.4 Å². The Labute approximate surface area is 67.8 Å². The van der Waals surface area contributed by atoms with Crippen molar-refractivity contribution in [1.29, 1.82) is 0 Å². The molecule has 1 rings (SSSR count). The van der Waals surface area contributed by atoms with Crippen LogP contribution in [0.1, 0.15) is 11.3 Å². The van der Waals surface area contributed by atoms with Gasteiger partial charge in [0.05, 0.1) is 4.88 Å². The second kappa shape index (κ2) is 3.28. The molecule has 0 aliphatic carbocycles. The lowest BCUT2D eigenvalue weighted by Gasteiger charge is -2.12. The van der Waals surface area contributed by atoms with Gasteiger partial charge in [0.25, 0.3) is 5.92 Å². The summed E-state index contributed by atoms with van der Waals surface area (Å²) in [4.78, 5) is 0.1000. The van der Waals surface area contributed by atoms with Crippen molar-refractivity contribution >= 4 is 11.3 Å². The Hall–Kier alpha value is -0.480. The second-order valence-electron chi connectivity index (χ2n) is 2.22. The lowest BCUT2D eigenvalue weighted by molar-refractivity contribution is -0.00681. The van der Waals surface area contributed by atoms with Gasteiger partial charge in [0.15, 0.2) is 0 Å². The molecule has 0 saturated heterocycles. The Morgan fingerprint density at radius 1 is 1.55 bits per heavy atom. The molecule has 1 heterocycles. The van der Waals surface area contributed by atoms with Gasteiger partial charge in [-0.15, -0.1) is 11.3 Å². The molecule has 4 heteroatoms. The average Bonchev–Trinajstić information content (AvgIpc) is 2.37. The third kappa shape index (κ3) is 1.97. The van der Waals surface area contributed by atoms with Crippen molar-refractivity contribution in [3.8, 4) is 0 Å². The Balaban J connectivity index is 2.73. The summed E-state index contributed by atoms with van der Waals surface area (Å²) in [6.07, 6.45) is -0.270. The van der Waals surface area contributed by atoms with Crippen molar-refractivity contribution < 1.29 is 8.78 Å². The maximum atomic E-state index is 12.9. The smallest absolute Gasteiger partial charge is 0.283 e. The predicted molar refractivity (Wildman–Crippen MR) is 41.9 cm³/mol. The fourth-order valence-corrected chi connectivity index (χ4v) is 1.53. The Kier molecular flexibility index (Phi) is 2.57. The lowest BCUT2D eigenvalue weighted by Crippen LogP contribution is -2.17. The third-order valence-electron chi connectivity index (χ3n) is 1.34. The van der Waals surface area contributed by atoms with Crippen LogP contribution < -0.4 is 5.73 Å². The van der Waals surface area contributed by atoms with Crippen LogP contribution in [-0.4, -0.2) is 6.54 Å². The van der Waals surface area contributed by atoms with Crippen molar-refractivity contribution in [1.82, 2.24) is 0 Å². The minimum absolute atomic E-state index is 0.0187. The first kappa shape index (κ1) is 8.62. The summed E-state index contributed by atoms with van der Waals surface area (Å²) < 4.78 is 25.8. The summed E-state index contributed by atoms with van der Waals surface area (Å²) >= 11 is 1.06. The Morgan fingerprint density at radius 3 is 2.73 bits per heavy atom. The first-order chi connectivity index (χ1) is 5.17. The lowest BCUT2D eigenvalue weighted by atomic mass is 10.2. The molecule has 0 atom stereocenters. The van der Waals surface area contributed by atoms with Crippen molar-refractivity contribution in [3.63, 3.8) is 0 Å². The number of rotatable bonds is 3. The van der Waals surface area contributed by atoms with E-state index in [0.29, 0.717) is 0 Å². The summed E-state index contributed by atoms with van der Waals surface area (Å²) in [6.45, 7) is 0.0187. The highest BCUT2D eigenvalue weighted by atomic mass is 32.1. The maximum Gasteiger partial charge on any atom is 0.283 e. The van der Waals surface area contributed by atoms with E-state index in [4.69, 9.17) is 5.73 Å². The average molecular weight is 177 g/mol. The van der Waals surface area contributed by atoms with E-state index in [1.54, 1.807) is 11.4 Å². The molecule has 0 spiro atoms. The van der Waals surface area contributed by atoms with E-state index in [0.717, 1.165) is 11.3 Å². The van der Waals surface area contributed by atoms with E-state index < -0.39 is 5.92 Å². The highest BCUT2D eigenvalue weighted by molar-refractivity contribution is 7.10. The molecule has 0 radical (unpaired) electrons. The van der Waals surface area contributed by atoms with Crippen LogP contribution in [-0.2, 0) is 5.92 Å². The highest BCUT2D eigenvalue weighted by Crippen LogP contribution is 2.33. The molecule has 0 saturated carbocycles. The van der Waals surface area contributed by atoms with Crippen LogP contribution in [0.2, 0.25) is 0 Å². The van der Waals surface area contributed by atoms with Gasteiger partial charge in [-0.3, -0.25) is 0 Å². The van der Waals surface area contributed by atoms with E-state index >= 15 is 0 Å². The number of hydrogen-bond acceptors (Lipinski definition) is 2. The van der Waals surface area contributed by atoms with Crippen LogP contribution >= 0.6 is 11.3 Å². The summed E-state index contributed by atoms with van der Waals surface area (Å²) in [7, 11) is 0. The molecule has 1 nitrogen and oxygen atoms in total. The zero-order chi connectivity index (χ0) is 8.32. The number of thiophene rings is 1. The number of halogens is 2. The van der Waals surface area contributed by atoms with Gasteiger partial charge in [-0.25, -0.2) is 8.78 Å². The van der Waals surface area contributed by atoms with Crippen LogP contribution in [0.5, 0.6) is 0 Å². The largest absolute Gasteiger partial charge is 0.330 e. The normalized spacial score (nSPS) is 11.9. The van der Waals surface area contributed by atoms with Gasteiger partial charge in [-0.05, 0) is 18.0 Å². The van der Waals surface area contributed by atoms with E-state index in [1.807, 2.05) is 0 Å². The van der Waals surface area contributed by atoms with Gasteiger partial charge in [0.1, 0.15) is 0 Å². The number of nitrogens with two attached hydrogens (primary N) is 1. The van der Waals surface area contributed by atoms with E-state index in [-0.39, 0.29) is 17.8 Å².